The molecule has 0 bridgehead atoms. The van der Waals surface area contributed by atoms with Gasteiger partial charge in [0, 0.05) is 12.0 Å². The van der Waals surface area contributed by atoms with Crippen LogP contribution >= 0.6 is 12.2 Å². The van der Waals surface area contributed by atoms with Crippen molar-refractivity contribution >= 4 is 23.2 Å². The molecule has 2 N–H and O–H groups in total. The van der Waals surface area contributed by atoms with Gasteiger partial charge in [0.2, 0.25) is 0 Å². The smallest absolute Gasteiger partial charge is 0.338 e. The number of ether oxygens (including phenoxy) is 2. The first-order valence-corrected chi connectivity index (χ1v) is 6.99. The number of carbonyl (C=O) groups excluding carboxylic acids is 1. The zero-order valence-corrected chi connectivity index (χ0v) is 13.1. The van der Waals surface area contributed by atoms with E-state index in [-0.39, 0.29) is 18.2 Å². The van der Waals surface area contributed by atoms with Crippen molar-refractivity contribution in [2.45, 2.75) is 46.3 Å². The predicted molar refractivity (Wildman–Crippen MR) is 83.2 cm³/mol. The Morgan fingerprint density at radius 1 is 1.25 bits per heavy atom. The highest BCUT2D eigenvalue weighted by atomic mass is 32.1. The largest absolute Gasteiger partial charge is 0.491 e. The van der Waals surface area contributed by atoms with Gasteiger partial charge >= 0.3 is 5.97 Å². The molecule has 0 aliphatic rings. The first-order valence-electron chi connectivity index (χ1n) is 6.58. The fourth-order valence-corrected chi connectivity index (χ4v) is 1.84. The molecule has 4 nitrogen and oxygen atoms in total. The van der Waals surface area contributed by atoms with E-state index in [0.717, 1.165) is 5.56 Å². The highest BCUT2D eigenvalue weighted by Gasteiger charge is 2.14. The Hall–Kier alpha value is -1.62. The second-order valence-electron chi connectivity index (χ2n) is 5.09. The molecule has 0 heterocycles. The zero-order chi connectivity index (χ0) is 15.3. The number of carbonyl (C=O) groups is 1. The number of hydrogen-bond donors (Lipinski definition) is 1. The van der Waals surface area contributed by atoms with Gasteiger partial charge < -0.3 is 15.2 Å². The second kappa shape index (κ2) is 7.24. The summed E-state index contributed by atoms with van der Waals surface area (Å²) in [4.78, 5) is 12.3. The molecule has 0 fully saturated rings. The van der Waals surface area contributed by atoms with Gasteiger partial charge in [-0.3, -0.25) is 0 Å². The molecule has 1 rings (SSSR count). The summed E-state index contributed by atoms with van der Waals surface area (Å²) in [6, 6.07) is 5.16. The van der Waals surface area contributed by atoms with Crippen molar-refractivity contribution in [3.05, 3.63) is 29.3 Å². The normalized spacial score (nSPS) is 10.7. The number of rotatable bonds is 6. The molecule has 5 heteroatoms. The van der Waals surface area contributed by atoms with E-state index < -0.39 is 0 Å². The number of nitrogens with two attached hydrogens (primary N) is 1. The summed E-state index contributed by atoms with van der Waals surface area (Å²) in [6.07, 6.45) is 0.266. The third-order valence-electron chi connectivity index (χ3n) is 2.37. The van der Waals surface area contributed by atoms with Gasteiger partial charge in [-0.15, -0.1) is 0 Å². The minimum atomic E-state index is -0.361. The Labute approximate surface area is 125 Å². The quantitative estimate of drug-likeness (QED) is 0.646. The predicted octanol–water partition coefficient (Wildman–Crippen LogP) is 2.87. The van der Waals surface area contributed by atoms with Gasteiger partial charge in [0.15, 0.2) is 0 Å². The SMILES string of the molecule is CC(C)OC(=O)c1ccc(OC(C)C)c(CC(N)=S)c1. The minimum absolute atomic E-state index is 0.0357. The highest BCUT2D eigenvalue weighted by molar-refractivity contribution is 7.80. The molecule has 0 aromatic heterocycles. The second-order valence-corrected chi connectivity index (χ2v) is 5.61. The lowest BCUT2D eigenvalue weighted by molar-refractivity contribution is 0.0378. The molecule has 0 atom stereocenters. The van der Waals surface area contributed by atoms with Gasteiger partial charge in [0.1, 0.15) is 5.75 Å². The van der Waals surface area contributed by atoms with E-state index in [2.05, 4.69) is 0 Å². The summed E-state index contributed by atoms with van der Waals surface area (Å²) in [7, 11) is 0. The van der Waals surface area contributed by atoms with Crippen LogP contribution in [0.4, 0.5) is 0 Å². The molecule has 0 aliphatic carbocycles. The van der Waals surface area contributed by atoms with Gasteiger partial charge in [0.25, 0.3) is 0 Å². The standard InChI is InChI=1S/C15H21NO3S/c1-9(2)18-13-6-5-11(15(17)19-10(3)4)7-12(13)8-14(16)20/h5-7,9-10H,8H2,1-4H3,(H2,16,20). The van der Waals surface area contributed by atoms with Crippen LogP contribution in [-0.2, 0) is 11.2 Å². The van der Waals surface area contributed by atoms with Crippen LogP contribution in [-0.4, -0.2) is 23.2 Å². The molecule has 0 radical (unpaired) electrons. The van der Waals surface area contributed by atoms with Crippen molar-refractivity contribution in [3.8, 4) is 5.75 Å². The van der Waals surface area contributed by atoms with Gasteiger partial charge in [-0.1, -0.05) is 12.2 Å². The lowest BCUT2D eigenvalue weighted by Gasteiger charge is -2.15. The molecule has 0 amide bonds. The molecule has 20 heavy (non-hydrogen) atoms. The average molecular weight is 295 g/mol. The monoisotopic (exact) mass is 295 g/mol. The summed E-state index contributed by atoms with van der Waals surface area (Å²) in [5.74, 6) is 0.328. The lowest BCUT2D eigenvalue weighted by Crippen LogP contribution is -2.16. The van der Waals surface area contributed by atoms with Crippen molar-refractivity contribution < 1.29 is 14.3 Å². The molecular weight excluding hydrogens is 274 g/mol. The summed E-state index contributed by atoms with van der Waals surface area (Å²) >= 11 is 4.94. The first kappa shape index (κ1) is 16.4. The number of esters is 1. The van der Waals surface area contributed by atoms with E-state index in [1.165, 1.54) is 0 Å². The minimum Gasteiger partial charge on any atom is -0.491 e. The fourth-order valence-electron chi connectivity index (χ4n) is 1.68. The van der Waals surface area contributed by atoms with Gasteiger partial charge in [-0.25, -0.2) is 4.79 Å². The number of benzene rings is 1. The third-order valence-corrected chi connectivity index (χ3v) is 2.51. The Morgan fingerprint density at radius 2 is 1.90 bits per heavy atom. The van der Waals surface area contributed by atoms with Crippen LogP contribution < -0.4 is 10.5 Å². The van der Waals surface area contributed by atoms with Crippen molar-refractivity contribution in [1.82, 2.24) is 0 Å². The number of thiocarbonyl (C=S) groups is 1. The summed E-state index contributed by atoms with van der Waals surface area (Å²) in [6.45, 7) is 7.49. The summed E-state index contributed by atoms with van der Waals surface area (Å²) in [5.41, 5.74) is 6.86. The lowest BCUT2D eigenvalue weighted by atomic mass is 10.1. The molecule has 1 aromatic rings. The summed E-state index contributed by atoms with van der Waals surface area (Å²) in [5, 5.41) is 0. The van der Waals surface area contributed by atoms with Crippen LogP contribution in [0.5, 0.6) is 5.75 Å². The fraction of sp³-hybridized carbons (Fsp3) is 0.467. The molecule has 0 aliphatic heterocycles. The van der Waals surface area contributed by atoms with Gasteiger partial charge in [0.05, 0.1) is 22.8 Å². The van der Waals surface area contributed by atoms with Crippen LogP contribution in [0.2, 0.25) is 0 Å². The van der Waals surface area contributed by atoms with Crippen LogP contribution in [0.3, 0.4) is 0 Å². The zero-order valence-electron chi connectivity index (χ0n) is 12.3. The van der Waals surface area contributed by atoms with Crippen LogP contribution in [0.1, 0.15) is 43.6 Å². The van der Waals surface area contributed by atoms with Crippen molar-refractivity contribution in [3.63, 3.8) is 0 Å². The average Bonchev–Trinajstić information content (AvgIpc) is 2.29. The van der Waals surface area contributed by atoms with E-state index in [1.54, 1.807) is 18.2 Å². The maximum absolute atomic E-state index is 11.9. The highest BCUT2D eigenvalue weighted by Crippen LogP contribution is 2.23. The van der Waals surface area contributed by atoms with E-state index in [9.17, 15) is 4.79 Å². The Balaban J connectivity index is 3.06. The maximum Gasteiger partial charge on any atom is 0.338 e. The van der Waals surface area contributed by atoms with Crippen LogP contribution in [0.25, 0.3) is 0 Å². The van der Waals surface area contributed by atoms with Crippen LogP contribution in [0, 0.1) is 0 Å². The van der Waals surface area contributed by atoms with E-state index >= 15 is 0 Å². The van der Waals surface area contributed by atoms with E-state index in [4.69, 9.17) is 27.4 Å². The summed E-state index contributed by atoms with van der Waals surface area (Å²) < 4.78 is 10.9. The molecular formula is C15H21NO3S. The van der Waals surface area contributed by atoms with Crippen molar-refractivity contribution in [2.75, 3.05) is 0 Å². The first-order chi connectivity index (χ1) is 9.29. The van der Waals surface area contributed by atoms with Gasteiger partial charge in [-0.2, -0.15) is 0 Å². The topological polar surface area (TPSA) is 61.5 Å². The number of hydrogen-bond acceptors (Lipinski definition) is 4. The van der Waals surface area contributed by atoms with E-state index in [0.29, 0.717) is 22.7 Å². The molecule has 0 spiro atoms. The Morgan fingerprint density at radius 3 is 2.40 bits per heavy atom. The maximum atomic E-state index is 11.9. The molecule has 0 unspecified atom stereocenters. The Bertz CT molecular complexity index is 498. The van der Waals surface area contributed by atoms with Gasteiger partial charge in [-0.05, 0) is 45.9 Å². The molecule has 0 saturated carbocycles. The molecule has 0 saturated heterocycles. The van der Waals surface area contributed by atoms with Crippen LogP contribution in [0.15, 0.2) is 18.2 Å². The molecule has 110 valence electrons. The molecule has 1 aromatic carbocycles. The van der Waals surface area contributed by atoms with Crippen molar-refractivity contribution in [2.24, 2.45) is 5.73 Å². The third kappa shape index (κ3) is 5.17. The van der Waals surface area contributed by atoms with E-state index in [1.807, 2.05) is 27.7 Å². The Kier molecular flexibility index (Phi) is 5.95. The van der Waals surface area contributed by atoms with Crippen molar-refractivity contribution in [1.29, 1.82) is 0 Å².